The molecule has 0 unspecified atom stereocenters. The quantitative estimate of drug-likeness (QED) is 0.173. The molecule has 0 bridgehead atoms. The lowest BCUT2D eigenvalue weighted by Crippen LogP contribution is -2.41. The number of benzene rings is 2. The second-order valence-corrected chi connectivity index (χ2v) is 12.2. The van der Waals surface area contributed by atoms with Gasteiger partial charge >= 0.3 is 19.1 Å². The molecule has 0 radical (unpaired) electrons. The Morgan fingerprint density at radius 2 is 1.16 bits per heavy atom. The summed E-state index contributed by atoms with van der Waals surface area (Å²) in [5.41, 5.74) is 16.2. The average Bonchev–Trinajstić information content (AvgIpc) is 3.60. The summed E-state index contributed by atoms with van der Waals surface area (Å²) in [4.78, 5) is 22.5. The maximum Gasteiger partial charge on any atom is 0.494 e. The van der Waals surface area contributed by atoms with E-state index in [0.29, 0.717) is 11.4 Å². The van der Waals surface area contributed by atoms with Crippen molar-refractivity contribution in [3.63, 3.8) is 0 Å². The molecule has 4 N–H and O–H groups in total. The van der Waals surface area contributed by atoms with Gasteiger partial charge in [0.1, 0.15) is 11.4 Å². The number of carbonyl (C=O) groups excluding carboxylic acids is 2. The maximum atomic E-state index is 11.5. The molecule has 12 heteroatoms. The van der Waals surface area contributed by atoms with Crippen LogP contribution in [0.3, 0.4) is 0 Å². The topological polar surface area (TPSA) is 133 Å². The first-order valence-electron chi connectivity index (χ1n) is 13.8. The fraction of sp³-hybridized carbons (Fsp3) is 0.312. The minimum atomic E-state index is -0.339. The van der Waals surface area contributed by atoms with E-state index in [1.54, 1.807) is 34.5 Å². The van der Waals surface area contributed by atoms with E-state index in [1.807, 2.05) is 89.5 Å². The number of esters is 2. The zero-order chi connectivity index (χ0) is 32.8. The summed E-state index contributed by atoms with van der Waals surface area (Å²) >= 11 is 3.25. The summed E-state index contributed by atoms with van der Waals surface area (Å²) in [6, 6.07) is 18.6. The minimum absolute atomic E-state index is 0.293. The molecule has 4 aromatic rings. The number of rotatable bonds is 4. The van der Waals surface area contributed by atoms with Gasteiger partial charge in [0, 0.05) is 47.9 Å². The molecule has 1 aliphatic heterocycles. The number of hydrogen-bond donors (Lipinski definition) is 2. The number of halogens is 1. The number of carbonyl (C=O) groups is 2. The highest BCUT2D eigenvalue weighted by molar-refractivity contribution is 9.10. The first-order chi connectivity index (χ1) is 20.6. The standard InChI is InChI=1S/C13H14N2O2.C12H18BNO2.C7H8BrNO2/c1-15-8-10(7-12(15)13(16)17-2)9-3-5-11(14)6-4-9;1-11(2)12(3,4)16-13(15-11)9-5-7-10(14)8-6-9;1-9-4-5(8)3-6(9)7(10)11-2/h3-8H,14H2,1-2H3;5-8H,14H2,1-4H3;3-4H,1-2H3. The number of aromatic nitrogens is 2. The van der Waals surface area contributed by atoms with Crippen LogP contribution in [-0.2, 0) is 32.9 Å². The first-order valence-corrected chi connectivity index (χ1v) is 14.6. The Bertz CT molecular complexity index is 1560. The molecule has 0 aliphatic carbocycles. The largest absolute Gasteiger partial charge is 0.494 e. The monoisotopic (exact) mass is 666 g/mol. The van der Waals surface area contributed by atoms with E-state index in [0.717, 1.165) is 32.4 Å². The summed E-state index contributed by atoms with van der Waals surface area (Å²) in [7, 11) is 6.04. The lowest BCUT2D eigenvalue weighted by atomic mass is 9.79. The number of anilines is 2. The van der Waals surface area contributed by atoms with Gasteiger partial charge in [0.15, 0.2) is 0 Å². The van der Waals surface area contributed by atoms with E-state index in [9.17, 15) is 9.59 Å². The van der Waals surface area contributed by atoms with Gasteiger partial charge in [0.05, 0.1) is 25.4 Å². The van der Waals surface area contributed by atoms with E-state index in [1.165, 1.54) is 14.2 Å². The van der Waals surface area contributed by atoms with Crippen LogP contribution in [0.15, 0.2) is 77.5 Å². The van der Waals surface area contributed by atoms with Crippen molar-refractivity contribution < 1.29 is 28.4 Å². The van der Waals surface area contributed by atoms with Gasteiger partial charge in [-0.2, -0.15) is 0 Å². The summed E-state index contributed by atoms with van der Waals surface area (Å²) < 4.78 is 25.4. The molecule has 44 heavy (non-hydrogen) atoms. The van der Waals surface area contributed by atoms with Crippen molar-refractivity contribution in [2.45, 2.75) is 38.9 Å². The molecule has 0 saturated carbocycles. The fourth-order valence-electron chi connectivity index (χ4n) is 4.17. The first kappa shape index (κ1) is 34.5. The Hall–Kier alpha value is -4.00. The molecular weight excluding hydrogens is 627 g/mol. The second-order valence-electron chi connectivity index (χ2n) is 11.2. The molecule has 0 atom stereocenters. The zero-order valence-electron chi connectivity index (χ0n) is 26.4. The molecule has 10 nitrogen and oxygen atoms in total. The third kappa shape index (κ3) is 8.34. The van der Waals surface area contributed by atoms with Crippen LogP contribution in [-0.4, -0.2) is 53.6 Å². The lowest BCUT2D eigenvalue weighted by molar-refractivity contribution is 0.00578. The Labute approximate surface area is 267 Å². The van der Waals surface area contributed by atoms with Gasteiger partial charge in [-0.1, -0.05) is 24.3 Å². The Morgan fingerprint density at radius 1 is 0.727 bits per heavy atom. The third-order valence-corrected chi connectivity index (χ3v) is 7.91. The van der Waals surface area contributed by atoms with Crippen LogP contribution in [0.2, 0.25) is 0 Å². The molecule has 1 fully saturated rings. The van der Waals surface area contributed by atoms with E-state index < -0.39 is 0 Å². The molecule has 234 valence electrons. The van der Waals surface area contributed by atoms with Gasteiger partial charge in [-0.05, 0) is 91.0 Å². The summed E-state index contributed by atoms with van der Waals surface area (Å²) in [5.74, 6) is -0.660. The predicted molar refractivity (Wildman–Crippen MR) is 178 cm³/mol. The van der Waals surface area contributed by atoms with Crippen LogP contribution in [0.5, 0.6) is 0 Å². The van der Waals surface area contributed by atoms with Crippen LogP contribution in [0.1, 0.15) is 48.7 Å². The average molecular weight is 667 g/mol. The van der Waals surface area contributed by atoms with Crippen molar-refractivity contribution in [2.75, 3.05) is 25.7 Å². The van der Waals surface area contributed by atoms with Crippen molar-refractivity contribution >= 4 is 51.8 Å². The number of hydrogen-bond acceptors (Lipinski definition) is 8. The molecule has 3 heterocycles. The predicted octanol–water partition coefficient (Wildman–Crippen LogP) is 5.20. The lowest BCUT2D eigenvalue weighted by Gasteiger charge is -2.32. The molecule has 5 rings (SSSR count). The molecule has 1 aliphatic rings. The van der Waals surface area contributed by atoms with Crippen LogP contribution in [0, 0.1) is 0 Å². The zero-order valence-corrected chi connectivity index (χ0v) is 28.0. The van der Waals surface area contributed by atoms with Gasteiger partial charge < -0.3 is 39.4 Å². The Kier molecular flexibility index (Phi) is 11.1. The Morgan fingerprint density at radius 3 is 1.59 bits per heavy atom. The normalized spacial score (nSPS) is 14.5. The molecule has 0 amide bonds. The Balaban J connectivity index is 0.000000185. The molecular formula is C32H40BBrN4O6. The van der Waals surface area contributed by atoms with E-state index in [4.69, 9.17) is 25.5 Å². The van der Waals surface area contributed by atoms with Crippen molar-refractivity contribution in [1.82, 2.24) is 9.13 Å². The molecule has 1 saturated heterocycles. The van der Waals surface area contributed by atoms with Crippen molar-refractivity contribution in [3.8, 4) is 11.1 Å². The maximum absolute atomic E-state index is 11.5. The number of aryl methyl sites for hydroxylation is 2. The smallest absolute Gasteiger partial charge is 0.464 e. The molecule has 2 aromatic carbocycles. The van der Waals surface area contributed by atoms with E-state index >= 15 is 0 Å². The summed E-state index contributed by atoms with van der Waals surface area (Å²) in [5, 5.41) is 0. The van der Waals surface area contributed by atoms with Crippen LogP contribution >= 0.6 is 15.9 Å². The van der Waals surface area contributed by atoms with Crippen LogP contribution < -0.4 is 16.9 Å². The van der Waals surface area contributed by atoms with Gasteiger partial charge in [-0.15, -0.1) is 0 Å². The number of nitrogens with zero attached hydrogens (tertiary/aromatic N) is 2. The summed E-state index contributed by atoms with van der Waals surface area (Å²) in [6.07, 6.45) is 3.68. The highest BCUT2D eigenvalue weighted by Gasteiger charge is 2.51. The fourth-order valence-corrected chi connectivity index (χ4v) is 4.69. The van der Waals surface area contributed by atoms with Gasteiger partial charge in [-0.25, -0.2) is 9.59 Å². The van der Waals surface area contributed by atoms with E-state index in [2.05, 4.69) is 20.7 Å². The van der Waals surface area contributed by atoms with Crippen LogP contribution in [0.4, 0.5) is 11.4 Å². The number of nitrogens with two attached hydrogens (primary N) is 2. The number of methoxy groups -OCH3 is 2. The second kappa shape index (κ2) is 14.2. The van der Waals surface area contributed by atoms with Crippen molar-refractivity contribution in [3.05, 3.63) is 88.9 Å². The number of ether oxygens (including phenoxy) is 2. The highest BCUT2D eigenvalue weighted by atomic mass is 79.9. The van der Waals surface area contributed by atoms with Crippen molar-refractivity contribution in [1.29, 1.82) is 0 Å². The van der Waals surface area contributed by atoms with E-state index in [-0.39, 0.29) is 30.3 Å². The minimum Gasteiger partial charge on any atom is -0.464 e. The summed E-state index contributed by atoms with van der Waals surface area (Å²) in [6.45, 7) is 8.18. The molecule has 2 aromatic heterocycles. The third-order valence-electron chi connectivity index (χ3n) is 7.47. The number of nitrogen functional groups attached to an aromatic ring is 2. The van der Waals surface area contributed by atoms with Gasteiger partial charge in [-0.3, -0.25) is 0 Å². The SMILES string of the molecule is CC1(C)OB(c2ccc(N)cc2)OC1(C)C.COC(=O)c1cc(-c2ccc(N)cc2)cn1C.COC(=O)c1cc(Br)cn1C. The van der Waals surface area contributed by atoms with Crippen LogP contribution in [0.25, 0.3) is 11.1 Å². The van der Waals surface area contributed by atoms with Gasteiger partial charge in [0.25, 0.3) is 0 Å². The molecule has 0 spiro atoms. The van der Waals surface area contributed by atoms with Crippen molar-refractivity contribution in [2.24, 2.45) is 14.1 Å². The highest BCUT2D eigenvalue weighted by Crippen LogP contribution is 2.36. The van der Waals surface area contributed by atoms with Gasteiger partial charge in [0.2, 0.25) is 0 Å².